The molecule has 0 aliphatic carbocycles. The summed E-state index contributed by atoms with van der Waals surface area (Å²) in [6.45, 7) is 0. The predicted molar refractivity (Wildman–Crippen MR) is 120 cm³/mol. The van der Waals surface area contributed by atoms with Crippen LogP contribution in [0.25, 0.3) is 16.7 Å². The van der Waals surface area contributed by atoms with Crippen LogP contribution in [0.5, 0.6) is 5.75 Å². The predicted octanol–water partition coefficient (Wildman–Crippen LogP) is 4.95. The number of carbonyl (C=O) groups is 1. The molecule has 3 aromatic carbocycles. The zero-order valence-corrected chi connectivity index (χ0v) is 17.9. The highest BCUT2D eigenvalue weighted by molar-refractivity contribution is 7.99. The maximum Gasteiger partial charge on any atom is 0.271 e. The topological polar surface area (TPSA) is 99.3 Å². The second kappa shape index (κ2) is 9.25. The maximum atomic E-state index is 13.8. The summed E-state index contributed by atoms with van der Waals surface area (Å²) < 4.78 is 34.8. The Labute approximate surface area is 190 Å². The molecule has 168 valence electrons. The van der Waals surface area contributed by atoms with Crippen molar-refractivity contribution in [2.75, 3.05) is 18.2 Å². The Hall–Kier alpha value is -3.99. The third kappa shape index (κ3) is 4.48. The first-order chi connectivity index (χ1) is 15.9. The number of methoxy groups -OCH3 is 1. The van der Waals surface area contributed by atoms with Crippen LogP contribution in [0.15, 0.2) is 65.8 Å². The molecule has 1 N–H and O–H groups in total. The fourth-order valence-electron chi connectivity index (χ4n) is 3.23. The third-order valence-electron chi connectivity index (χ3n) is 4.70. The van der Waals surface area contributed by atoms with Crippen LogP contribution < -0.4 is 10.1 Å². The summed E-state index contributed by atoms with van der Waals surface area (Å²) >= 11 is 1.01. The van der Waals surface area contributed by atoms with Gasteiger partial charge in [0.05, 0.1) is 34.5 Å². The summed E-state index contributed by atoms with van der Waals surface area (Å²) in [5.41, 5.74) is 0.860. The standard InChI is InChI=1S/C22H16F2N4O4S/c1-32-19-8-3-2-7-18(19)27-17-10-9-13(28(30)31)11-16(17)25-22(27)33-12-20(29)26-21-14(23)5-4-6-15(21)24/h2-11H,12H2,1H3,(H,26,29). The van der Waals surface area contributed by atoms with Gasteiger partial charge in [-0.3, -0.25) is 19.5 Å². The molecule has 0 saturated heterocycles. The number of imidazole rings is 1. The molecule has 11 heteroatoms. The molecule has 0 saturated carbocycles. The van der Waals surface area contributed by atoms with Crippen LogP contribution in [0.4, 0.5) is 20.2 Å². The first-order valence-electron chi connectivity index (χ1n) is 9.56. The molecule has 4 rings (SSSR count). The van der Waals surface area contributed by atoms with Crippen LogP contribution in [0.3, 0.4) is 0 Å². The normalized spacial score (nSPS) is 10.9. The highest BCUT2D eigenvalue weighted by Crippen LogP contribution is 2.34. The van der Waals surface area contributed by atoms with Crippen molar-refractivity contribution in [2.45, 2.75) is 5.16 Å². The van der Waals surface area contributed by atoms with E-state index in [1.54, 1.807) is 34.9 Å². The average molecular weight is 470 g/mol. The zero-order chi connectivity index (χ0) is 23.5. The van der Waals surface area contributed by atoms with Gasteiger partial charge in [-0.2, -0.15) is 0 Å². The monoisotopic (exact) mass is 470 g/mol. The van der Waals surface area contributed by atoms with Gasteiger partial charge in [0, 0.05) is 12.1 Å². The Morgan fingerprint density at radius 2 is 1.88 bits per heavy atom. The molecule has 0 aliphatic heterocycles. The summed E-state index contributed by atoms with van der Waals surface area (Å²) in [6.07, 6.45) is 0. The summed E-state index contributed by atoms with van der Waals surface area (Å²) in [5.74, 6) is -2.11. The van der Waals surface area contributed by atoms with Crippen LogP contribution in [-0.2, 0) is 4.79 Å². The van der Waals surface area contributed by atoms with Gasteiger partial charge >= 0.3 is 0 Å². The molecule has 0 fully saturated rings. The Balaban J connectivity index is 1.70. The molecular formula is C22H16F2N4O4S. The number of hydrogen-bond donors (Lipinski definition) is 1. The lowest BCUT2D eigenvalue weighted by Crippen LogP contribution is -2.16. The molecular weight excluding hydrogens is 454 g/mol. The molecule has 0 atom stereocenters. The number of aromatic nitrogens is 2. The van der Waals surface area contributed by atoms with Crippen molar-refractivity contribution in [3.8, 4) is 11.4 Å². The fraction of sp³-hybridized carbons (Fsp3) is 0.0909. The van der Waals surface area contributed by atoms with Gasteiger partial charge in [0.1, 0.15) is 23.1 Å². The van der Waals surface area contributed by atoms with Crippen molar-refractivity contribution in [3.63, 3.8) is 0 Å². The van der Waals surface area contributed by atoms with Gasteiger partial charge in [-0.25, -0.2) is 13.8 Å². The lowest BCUT2D eigenvalue weighted by atomic mass is 10.2. The Morgan fingerprint density at radius 1 is 1.15 bits per heavy atom. The molecule has 1 aromatic heterocycles. The first kappa shape index (κ1) is 22.2. The summed E-state index contributed by atoms with van der Waals surface area (Å²) in [7, 11) is 1.51. The number of nitrogens with zero attached hydrogens (tertiary/aromatic N) is 3. The highest BCUT2D eigenvalue weighted by atomic mass is 32.2. The van der Waals surface area contributed by atoms with Crippen molar-refractivity contribution in [3.05, 3.63) is 82.4 Å². The fourth-order valence-corrected chi connectivity index (χ4v) is 4.05. The smallest absolute Gasteiger partial charge is 0.271 e. The second-order valence-corrected chi connectivity index (χ2v) is 7.71. The van der Waals surface area contributed by atoms with Crippen LogP contribution in [0.1, 0.15) is 0 Å². The molecule has 0 radical (unpaired) electrons. The molecule has 1 amide bonds. The number of para-hydroxylation sites is 3. The van der Waals surface area contributed by atoms with Crippen LogP contribution in [0.2, 0.25) is 0 Å². The number of ether oxygens (including phenoxy) is 1. The van der Waals surface area contributed by atoms with Gasteiger partial charge in [-0.05, 0) is 30.3 Å². The highest BCUT2D eigenvalue weighted by Gasteiger charge is 2.20. The van der Waals surface area contributed by atoms with E-state index in [0.29, 0.717) is 27.6 Å². The van der Waals surface area contributed by atoms with Gasteiger partial charge in [0.25, 0.3) is 5.69 Å². The van der Waals surface area contributed by atoms with Crippen molar-refractivity contribution in [2.24, 2.45) is 0 Å². The number of anilines is 1. The molecule has 4 aromatic rings. The lowest BCUT2D eigenvalue weighted by Gasteiger charge is -2.13. The lowest BCUT2D eigenvalue weighted by molar-refractivity contribution is -0.384. The van der Waals surface area contributed by atoms with Crippen molar-refractivity contribution >= 4 is 40.1 Å². The van der Waals surface area contributed by atoms with Gasteiger partial charge in [0.15, 0.2) is 5.16 Å². The summed E-state index contributed by atoms with van der Waals surface area (Å²) in [6, 6.07) is 14.6. The van der Waals surface area contributed by atoms with Crippen molar-refractivity contribution in [1.29, 1.82) is 0 Å². The van der Waals surface area contributed by atoms with E-state index >= 15 is 0 Å². The minimum atomic E-state index is -0.887. The minimum absolute atomic E-state index is 0.128. The second-order valence-electron chi connectivity index (χ2n) is 6.77. The van der Waals surface area contributed by atoms with Gasteiger partial charge in [-0.1, -0.05) is 30.0 Å². The molecule has 8 nitrogen and oxygen atoms in total. The summed E-state index contributed by atoms with van der Waals surface area (Å²) in [5, 5.41) is 13.8. The average Bonchev–Trinajstić information content (AvgIpc) is 3.17. The Kier molecular flexibility index (Phi) is 6.22. The number of amides is 1. The quantitative estimate of drug-likeness (QED) is 0.233. The number of nitro benzene ring substituents is 1. The molecule has 0 bridgehead atoms. The molecule has 0 spiro atoms. The Bertz CT molecular complexity index is 1360. The number of halogens is 2. The molecule has 0 unspecified atom stereocenters. The van der Waals surface area contributed by atoms with Crippen LogP contribution in [0, 0.1) is 21.7 Å². The largest absolute Gasteiger partial charge is 0.495 e. The van der Waals surface area contributed by atoms with Gasteiger partial charge in [0.2, 0.25) is 5.91 Å². The number of benzene rings is 3. The van der Waals surface area contributed by atoms with E-state index in [4.69, 9.17) is 4.74 Å². The SMILES string of the molecule is COc1ccccc1-n1c(SCC(=O)Nc2c(F)cccc2F)nc2cc([N+](=O)[O-])ccc21. The number of non-ortho nitro benzene ring substituents is 1. The van der Waals surface area contributed by atoms with E-state index in [2.05, 4.69) is 10.3 Å². The van der Waals surface area contributed by atoms with E-state index in [1.807, 2.05) is 0 Å². The summed E-state index contributed by atoms with van der Waals surface area (Å²) in [4.78, 5) is 27.5. The van der Waals surface area contributed by atoms with Crippen LogP contribution >= 0.6 is 11.8 Å². The number of fused-ring (bicyclic) bond motifs is 1. The Morgan fingerprint density at radius 3 is 2.58 bits per heavy atom. The number of rotatable bonds is 7. The molecule has 1 heterocycles. The van der Waals surface area contributed by atoms with Crippen LogP contribution in [-0.4, -0.2) is 33.2 Å². The van der Waals surface area contributed by atoms with E-state index < -0.39 is 28.2 Å². The first-order valence-corrected chi connectivity index (χ1v) is 10.5. The number of thioether (sulfide) groups is 1. The maximum absolute atomic E-state index is 13.8. The van der Waals surface area contributed by atoms with E-state index in [0.717, 1.165) is 23.9 Å². The van der Waals surface area contributed by atoms with E-state index in [1.165, 1.54) is 25.3 Å². The third-order valence-corrected chi connectivity index (χ3v) is 5.64. The van der Waals surface area contributed by atoms with Gasteiger partial charge in [-0.15, -0.1) is 0 Å². The van der Waals surface area contributed by atoms with Gasteiger partial charge < -0.3 is 10.1 Å². The molecule has 33 heavy (non-hydrogen) atoms. The minimum Gasteiger partial charge on any atom is -0.495 e. The number of hydrogen-bond acceptors (Lipinski definition) is 6. The number of carbonyl (C=O) groups excluding carboxylic acids is 1. The number of nitro groups is 1. The van der Waals surface area contributed by atoms with E-state index in [-0.39, 0.29) is 11.4 Å². The van der Waals surface area contributed by atoms with E-state index in [9.17, 15) is 23.7 Å². The van der Waals surface area contributed by atoms with Crippen molar-refractivity contribution in [1.82, 2.24) is 9.55 Å². The van der Waals surface area contributed by atoms with Crippen molar-refractivity contribution < 1.29 is 23.2 Å². The number of nitrogens with one attached hydrogen (secondary N) is 1. The zero-order valence-electron chi connectivity index (χ0n) is 17.1. The molecule has 0 aliphatic rings.